The van der Waals surface area contributed by atoms with Gasteiger partial charge in [-0.1, -0.05) is 6.07 Å². The van der Waals surface area contributed by atoms with Gasteiger partial charge in [-0.3, -0.25) is 9.59 Å². The number of halogens is 1. The molecule has 1 amide bonds. The molecule has 2 atom stereocenters. The molecule has 1 aromatic heterocycles. The van der Waals surface area contributed by atoms with Crippen molar-refractivity contribution in [1.29, 1.82) is 0 Å². The molecule has 1 N–H and O–H groups in total. The van der Waals surface area contributed by atoms with Gasteiger partial charge in [-0.25, -0.2) is 0 Å². The van der Waals surface area contributed by atoms with E-state index in [1.54, 1.807) is 25.3 Å². The summed E-state index contributed by atoms with van der Waals surface area (Å²) in [6.07, 6.45) is 1.70. The number of carbonyl (C=O) groups is 2. The van der Waals surface area contributed by atoms with Gasteiger partial charge in [-0.15, -0.1) is 11.3 Å². The lowest BCUT2D eigenvalue weighted by Gasteiger charge is -2.26. The topological polar surface area (TPSA) is 76.1 Å². The molecular formula is C21H20BrNO5S. The lowest BCUT2D eigenvalue weighted by Crippen LogP contribution is -2.36. The highest BCUT2D eigenvalue weighted by atomic mass is 79.9. The number of nitrogens with zero attached hydrogens (tertiary/aromatic N) is 1. The third kappa shape index (κ3) is 3.72. The van der Waals surface area contributed by atoms with E-state index in [-0.39, 0.29) is 17.4 Å². The molecule has 2 aliphatic rings. The van der Waals surface area contributed by atoms with Crippen molar-refractivity contribution in [3.8, 4) is 5.75 Å². The number of ketones is 1. The number of aliphatic hydroxyl groups excluding tert-OH is 1. The summed E-state index contributed by atoms with van der Waals surface area (Å²) in [5.41, 5.74) is 0.543. The monoisotopic (exact) mass is 477 g/mol. The van der Waals surface area contributed by atoms with Crippen LogP contribution in [-0.4, -0.2) is 48.1 Å². The minimum absolute atomic E-state index is 0.0918. The first kappa shape index (κ1) is 20.1. The number of hydrogen-bond acceptors (Lipinski definition) is 6. The van der Waals surface area contributed by atoms with E-state index in [0.29, 0.717) is 28.9 Å². The van der Waals surface area contributed by atoms with Crippen molar-refractivity contribution < 1.29 is 24.2 Å². The van der Waals surface area contributed by atoms with Gasteiger partial charge in [0.05, 0.1) is 29.3 Å². The Bertz CT molecular complexity index is 965. The van der Waals surface area contributed by atoms with Gasteiger partial charge in [-0.05, 0) is 58.4 Å². The predicted octanol–water partition coefficient (Wildman–Crippen LogP) is 4.12. The fourth-order valence-electron chi connectivity index (χ4n) is 3.79. The van der Waals surface area contributed by atoms with E-state index in [1.165, 1.54) is 16.2 Å². The van der Waals surface area contributed by atoms with Crippen molar-refractivity contribution in [2.45, 2.75) is 25.0 Å². The third-order valence-corrected chi connectivity index (χ3v) is 6.75. The summed E-state index contributed by atoms with van der Waals surface area (Å²) >= 11 is 4.85. The number of amides is 1. The molecular weight excluding hydrogens is 458 g/mol. The third-order valence-electron chi connectivity index (χ3n) is 5.20. The Kier molecular flexibility index (Phi) is 5.76. The van der Waals surface area contributed by atoms with E-state index >= 15 is 0 Å². The molecule has 0 spiro atoms. The van der Waals surface area contributed by atoms with Crippen molar-refractivity contribution in [2.24, 2.45) is 0 Å². The van der Waals surface area contributed by atoms with Crippen LogP contribution in [0.1, 0.15) is 29.3 Å². The van der Waals surface area contributed by atoms with Crippen molar-refractivity contribution in [3.05, 3.63) is 56.2 Å². The molecule has 152 valence electrons. The maximum absolute atomic E-state index is 12.9. The Morgan fingerprint density at radius 3 is 2.83 bits per heavy atom. The number of benzene rings is 1. The Balaban J connectivity index is 1.79. The Morgan fingerprint density at radius 2 is 2.21 bits per heavy atom. The number of carbonyl (C=O) groups excluding carboxylic acids is 2. The maximum atomic E-state index is 12.9. The average molecular weight is 478 g/mol. The number of thiophene rings is 1. The van der Waals surface area contributed by atoms with E-state index in [9.17, 15) is 14.7 Å². The number of aliphatic hydroxyl groups is 1. The molecule has 1 aromatic carbocycles. The van der Waals surface area contributed by atoms with Gasteiger partial charge in [0.1, 0.15) is 11.5 Å². The number of hydrogen-bond donors (Lipinski definition) is 1. The first-order valence-corrected chi connectivity index (χ1v) is 11.0. The highest BCUT2D eigenvalue weighted by Gasteiger charge is 2.47. The number of methoxy groups -OCH3 is 1. The molecule has 0 aliphatic carbocycles. The summed E-state index contributed by atoms with van der Waals surface area (Å²) in [5.74, 6) is -0.867. The van der Waals surface area contributed by atoms with Crippen molar-refractivity contribution in [1.82, 2.24) is 4.90 Å². The summed E-state index contributed by atoms with van der Waals surface area (Å²) in [5, 5.41) is 12.9. The fourth-order valence-corrected chi connectivity index (χ4v) is 5.17. The van der Waals surface area contributed by atoms with E-state index < -0.39 is 17.7 Å². The quantitative estimate of drug-likeness (QED) is 0.398. The molecule has 2 unspecified atom stereocenters. The lowest BCUT2D eigenvalue weighted by molar-refractivity contribution is -0.140. The maximum Gasteiger partial charge on any atom is 0.295 e. The van der Waals surface area contributed by atoms with E-state index in [1.807, 2.05) is 17.5 Å². The SMILES string of the molecule is COc1ccc(/C(O)=C2/C(=O)C(=O)N(CC3CCCO3)C2c2cccs2)cc1Br. The van der Waals surface area contributed by atoms with Crippen LogP contribution in [0.2, 0.25) is 0 Å². The second kappa shape index (κ2) is 8.30. The first-order chi connectivity index (χ1) is 14.0. The average Bonchev–Trinajstić information content (AvgIpc) is 3.46. The zero-order valence-electron chi connectivity index (χ0n) is 15.8. The van der Waals surface area contributed by atoms with Crippen LogP contribution in [0.25, 0.3) is 5.76 Å². The zero-order valence-corrected chi connectivity index (χ0v) is 18.2. The predicted molar refractivity (Wildman–Crippen MR) is 113 cm³/mol. The molecule has 0 saturated carbocycles. The van der Waals surface area contributed by atoms with Gasteiger partial charge in [-0.2, -0.15) is 0 Å². The van der Waals surface area contributed by atoms with Crippen LogP contribution in [0.5, 0.6) is 5.75 Å². The van der Waals surface area contributed by atoms with Crippen LogP contribution in [0.3, 0.4) is 0 Å². The number of rotatable bonds is 5. The lowest BCUT2D eigenvalue weighted by atomic mass is 9.99. The molecule has 3 heterocycles. The van der Waals surface area contributed by atoms with Crippen molar-refractivity contribution in [2.75, 3.05) is 20.3 Å². The highest BCUT2D eigenvalue weighted by molar-refractivity contribution is 9.10. The van der Waals surface area contributed by atoms with Gasteiger partial charge >= 0.3 is 0 Å². The molecule has 2 aromatic rings. The van der Waals surface area contributed by atoms with Crippen LogP contribution in [0.15, 0.2) is 45.8 Å². The first-order valence-electron chi connectivity index (χ1n) is 9.28. The minimum atomic E-state index is -0.675. The van der Waals surface area contributed by atoms with Gasteiger partial charge in [0, 0.05) is 23.6 Å². The van der Waals surface area contributed by atoms with Crippen molar-refractivity contribution >= 4 is 44.7 Å². The summed E-state index contributed by atoms with van der Waals surface area (Å²) in [7, 11) is 1.55. The van der Waals surface area contributed by atoms with Crippen LogP contribution in [0, 0.1) is 0 Å². The van der Waals surface area contributed by atoms with E-state index in [2.05, 4.69) is 15.9 Å². The second-order valence-electron chi connectivity index (χ2n) is 6.95. The molecule has 2 fully saturated rings. The normalized spacial score (nSPS) is 23.7. The smallest absolute Gasteiger partial charge is 0.295 e. The summed E-state index contributed by atoms with van der Waals surface area (Å²) in [6, 6.07) is 8.16. The molecule has 29 heavy (non-hydrogen) atoms. The molecule has 8 heteroatoms. The number of likely N-dealkylation sites (tertiary alicyclic amines) is 1. The van der Waals surface area contributed by atoms with Crippen LogP contribution >= 0.6 is 27.3 Å². The molecule has 6 nitrogen and oxygen atoms in total. The summed E-state index contributed by atoms with van der Waals surface area (Å²) < 4.78 is 11.6. The zero-order chi connectivity index (χ0) is 20.5. The highest BCUT2D eigenvalue weighted by Crippen LogP contribution is 2.42. The fraction of sp³-hybridized carbons (Fsp3) is 0.333. The molecule has 2 saturated heterocycles. The van der Waals surface area contributed by atoms with Crippen LogP contribution in [0.4, 0.5) is 0 Å². The van der Waals surface area contributed by atoms with Crippen LogP contribution in [-0.2, 0) is 14.3 Å². The summed E-state index contributed by atoms with van der Waals surface area (Å²) in [6.45, 7) is 0.994. The van der Waals surface area contributed by atoms with Gasteiger partial charge in [0.15, 0.2) is 0 Å². The largest absolute Gasteiger partial charge is 0.507 e. The molecule has 2 aliphatic heterocycles. The second-order valence-corrected chi connectivity index (χ2v) is 8.78. The van der Waals surface area contributed by atoms with E-state index in [0.717, 1.165) is 17.7 Å². The standard InChI is InChI=1S/C21H20BrNO5S/c1-27-15-7-6-12(10-14(15)22)19(24)17-18(16-5-3-9-29-16)23(21(26)20(17)25)11-13-4-2-8-28-13/h3,5-7,9-10,13,18,24H,2,4,8,11H2,1H3/b19-17-. The molecule has 0 bridgehead atoms. The summed E-state index contributed by atoms with van der Waals surface area (Å²) in [4.78, 5) is 28.2. The Morgan fingerprint density at radius 1 is 1.38 bits per heavy atom. The van der Waals surface area contributed by atoms with Crippen LogP contribution < -0.4 is 4.74 Å². The van der Waals surface area contributed by atoms with Gasteiger partial charge < -0.3 is 19.5 Å². The minimum Gasteiger partial charge on any atom is -0.507 e. The Hall–Kier alpha value is -2.16. The molecule has 0 radical (unpaired) electrons. The van der Waals surface area contributed by atoms with Crippen molar-refractivity contribution in [3.63, 3.8) is 0 Å². The van der Waals surface area contributed by atoms with Gasteiger partial charge in [0.25, 0.3) is 11.7 Å². The number of Topliss-reactive ketones (excluding diaryl/α,β-unsaturated/α-hetero) is 1. The molecule has 4 rings (SSSR count). The Labute approximate surface area is 180 Å². The van der Waals surface area contributed by atoms with Gasteiger partial charge in [0.2, 0.25) is 0 Å². The van der Waals surface area contributed by atoms with E-state index in [4.69, 9.17) is 9.47 Å². The number of ether oxygens (including phenoxy) is 2.